The van der Waals surface area contributed by atoms with E-state index in [2.05, 4.69) is 19.1 Å². The number of rotatable bonds is 10. The van der Waals surface area contributed by atoms with Crippen molar-refractivity contribution in [1.82, 2.24) is 0 Å². The van der Waals surface area contributed by atoms with E-state index in [0.29, 0.717) is 18.3 Å². The van der Waals surface area contributed by atoms with Gasteiger partial charge in [0, 0.05) is 12.3 Å². The number of carbonyl (C=O) groups is 1. The Kier molecular flexibility index (Phi) is 8.17. The van der Waals surface area contributed by atoms with Gasteiger partial charge in [-0.3, -0.25) is 4.79 Å². The van der Waals surface area contributed by atoms with Crippen molar-refractivity contribution in [2.45, 2.75) is 83.3 Å². The summed E-state index contributed by atoms with van der Waals surface area (Å²) in [4.78, 5) is 10.6. The Labute approximate surface area is 151 Å². The van der Waals surface area contributed by atoms with Crippen LogP contribution < -0.4 is 0 Å². The molecule has 0 aromatic carbocycles. The molecule has 0 aromatic rings. The summed E-state index contributed by atoms with van der Waals surface area (Å²) in [5.74, 6) is 0.427. The van der Waals surface area contributed by atoms with Gasteiger partial charge in [0.05, 0.1) is 12.2 Å². The second-order valence-electron chi connectivity index (χ2n) is 7.81. The minimum atomic E-state index is -0.729. The number of hydrogen-bond donors (Lipinski definition) is 3. The van der Waals surface area contributed by atoms with Gasteiger partial charge in [0.2, 0.25) is 0 Å². The van der Waals surface area contributed by atoms with Crippen LogP contribution in [-0.2, 0) is 4.79 Å². The monoisotopic (exact) mass is 350 g/mol. The summed E-state index contributed by atoms with van der Waals surface area (Å²) in [6, 6.07) is 0. The molecule has 2 saturated carbocycles. The molecule has 0 saturated heterocycles. The van der Waals surface area contributed by atoms with Crippen molar-refractivity contribution in [1.29, 1.82) is 0 Å². The number of aliphatic carboxylic acids is 1. The molecule has 4 heteroatoms. The summed E-state index contributed by atoms with van der Waals surface area (Å²) >= 11 is 0. The summed E-state index contributed by atoms with van der Waals surface area (Å²) in [6.45, 7) is 2.16. The molecule has 4 nitrogen and oxygen atoms in total. The molecule has 2 aliphatic carbocycles. The van der Waals surface area contributed by atoms with Crippen LogP contribution >= 0.6 is 0 Å². The van der Waals surface area contributed by atoms with Gasteiger partial charge in [0.25, 0.3) is 0 Å². The summed E-state index contributed by atoms with van der Waals surface area (Å²) in [5.41, 5.74) is 1.43. The minimum Gasteiger partial charge on any atom is -0.481 e. The van der Waals surface area contributed by atoms with Gasteiger partial charge in [0.15, 0.2) is 0 Å². The number of aliphatic hydroxyl groups is 2. The van der Waals surface area contributed by atoms with E-state index in [1.165, 1.54) is 5.57 Å². The van der Waals surface area contributed by atoms with Crippen LogP contribution in [0.2, 0.25) is 0 Å². The van der Waals surface area contributed by atoms with Crippen molar-refractivity contribution in [3.8, 4) is 0 Å². The van der Waals surface area contributed by atoms with Gasteiger partial charge in [-0.15, -0.1) is 0 Å². The summed E-state index contributed by atoms with van der Waals surface area (Å²) in [7, 11) is 0. The Morgan fingerprint density at radius 1 is 1.28 bits per heavy atom. The van der Waals surface area contributed by atoms with Crippen LogP contribution in [0.5, 0.6) is 0 Å². The number of carboxylic acids is 1. The van der Waals surface area contributed by atoms with Crippen LogP contribution in [0.3, 0.4) is 0 Å². The summed E-state index contributed by atoms with van der Waals surface area (Å²) < 4.78 is 0. The van der Waals surface area contributed by atoms with E-state index in [-0.39, 0.29) is 18.4 Å². The lowest BCUT2D eigenvalue weighted by Gasteiger charge is -2.17. The van der Waals surface area contributed by atoms with Crippen molar-refractivity contribution in [3.05, 3.63) is 23.8 Å². The molecule has 0 radical (unpaired) electrons. The molecule has 3 N–H and O–H groups in total. The Bertz CT molecular complexity index is 482. The van der Waals surface area contributed by atoms with Crippen LogP contribution in [0, 0.1) is 17.8 Å². The SMILES string of the molecule is CCCCC[C@@H](O)C=C[C@@H]1[C@H]2CC(=CCCCC(=O)O)C[C@@H]2C[C@H]1O. The lowest BCUT2D eigenvalue weighted by Crippen LogP contribution is -2.17. The van der Waals surface area contributed by atoms with Crippen molar-refractivity contribution >= 4 is 5.97 Å². The second kappa shape index (κ2) is 10.1. The normalized spacial score (nSPS) is 31.7. The molecule has 0 heterocycles. The predicted octanol–water partition coefficient (Wildman–Crippen LogP) is 4.07. The minimum absolute atomic E-state index is 0.149. The van der Waals surface area contributed by atoms with E-state index < -0.39 is 12.1 Å². The zero-order chi connectivity index (χ0) is 18.2. The highest BCUT2D eigenvalue weighted by atomic mass is 16.4. The third-order valence-electron chi connectivity index (χ3n) is 5.80. The molecule has 5 atom stereocenters. The first-order valence-corrected chi connectivity index (χ1v) is 9.95. The van der Waals surface area contributed by atoms with Crippen LogP contribution in [-0.4, -0.2) is 33.5 Å². The van der Waals surface area contributed by atoms with Crippen molar-refractivity contribution in [3.63, 3.8) is 0 Å². The van der Waals surface area contributed by atoms with Crippen LogP contribution in [0.4, 0.5) is 0 Å². The number of unbranched alkanes of at least 4 members (excludes halogenated alkanes) is 3. The maximum atomic E-state index is 10.6. The average molecular weight is 350 g/mol. The van der Waals surface area contributed by atoms with Gasteiger partial charge in [-0.2, -0.15) is 0 Å². The lowest BCUT2D eigenvalue weighted by atomic mass is 9.90. The molecular formula is C21H34O4. The molecule has 0 amide bonds. The van der Waals surface area contributed by atoms with Gasteiger partial charge >= 0.3 is 5.97 Å². The van der Waals surface area contributed by atoms with Gasteiger partial charge in [-0.05, 0) is 50.4 Å². The van der Waals surface area contributed by atoms with Crippen molar-refractivity contribution in [2.24, 2.45) is 17.8 Å². The lowest BCUT2D eigenvalue weighted by molar-refractivity contribution is -0.137. The van der Waals surface area contributed by atoms with Crippen molar-refractivity contribution in [2.75, 3.05) is 0 Å². The second-order valence-corrected chi connectivity index (χ2v) is 7.81. The Balaban J connectivity index is 1.83. The summed E-state index contributed by atoms with van der Waals surface area (Å²) in [5, 5.41) is 29.1. The molecule has 2 rings (SSSR count). The zero-order valence-corrected chi connectivity index (χ0v) is 15.4. The first kappa shape index (κ1) is 20.2. The number of allylic oxidation sites excluding steroid dienone is 2. The maximum Gasteiger partial charge on any atom is 0.303 e. The molecule has 0 unspecified atom stereocenters. The van der Waals surface area contributed by atoms with Gasteiger partial charge < -0.3 is 15.3 Å². The van der Waals surface area contributed by atoms with E-state index in [1.807, 2.05) is 6.08 Å². The zero-order valence-electron chi connectivity index (χ0n) is 15.4. The molecular weight excluding hydrogens is 316 g/mol. The Hall–Kier alpha value is -1.13. The number of hydrogen-bond acceptors (Lipinski definition) is 3. The van der Waals surface area contributed by atoms with Gasteiger partial charge in [-0.1, -0.05) is 50.0 Å². The Morgan fingerprint density at radius 3 is 2.80 bits per heavy atom. The van der Waals surface area contributed by atoms with Gasteiger partial charge in [0.1, 0.15) is 0 Å². The topological polar surface area (TPSA) is 77.8 Å². The maximum absolute atomic E-state index is 10.6. The van der Waals surface area contributed by atoms with Crippen LogP contribution in [0.15, 0.2) is 23.8 Å². The fraction of sp³-hybridized carbons (Fsp3) is 0.762. The van der Waals surface area contributed by atoms with E-state index in [9.17, 15) is 15.0 Å². The Morgan fingerprint density at radius 2 is 2.08 bits per heavy atom. The van der Waals surface area contributed by atoms with Crippen LogP contribution in [0.1, 0.15) is 71.1 Å². The average Bonchev–Trinajstić information content (AvgIpc) is 3.06. The third kappa shape index (κ3) is 6.27. The molecule has 0 bridgehead atoms. The number of carboxylic acid groups (broad SMARTS) is 1. The predicted molar refractivity (Wildman–Crippen MR) is 99.2 cm³/mol. The van der Waals surface area contributed by atoms with Crippen molar-refractivity contribution < 1.29 is 20.1 Å². The van der Waals surface area contributed by atoms with E-state index >= 15 is 0 Å². The molecule has 25 heavy (non-hydrogen) atoms. The molecule has 142 valence electrons. The standard InChI is InChI=1S/C21H34O4/c1-2-3-4-8-17(22)10-11-18-19-13-15(7-5-6-9-21(24)25)12-16(19)14-20(18)23/h7,10-11,16-20,22-23H,2-6,8-9,12-14H2,1H3,(H,24,25)/t16-,17-,18-,19+,20-/m1/s1. The number of aliphatic hydroxyl groups excluding tert-OH is 2. The van der Waals surface area contributed by atoms with E-state index in [4.69, 9.17) is 5.11 Å². The summed E-state index contributed by atoms with van der Waals surface area (Å²) in [6.07, 6.45) is 14.3. The molecule has 0 spiro atoms. The highest BCUT2D eigenvalue weighted by molar-refractivity contribution is 5.66. The third-order valence-corrected chi connectivity index (χ3v) is 5.80. The highest BCUT2D eigenvalue weighted by Gasteiger charge is 2.44. The van der Waals surface area contributed by atoms with E-state index in [1.54, 1.807) is 0 Å². The largest absolute Gasteiger partial charge is 0.481 e. The first-order chi connectivity index (χ1) is 12.0. The molecule has 0 aliphatic heterocycles. The van der Waals surface area contributed by atoms with E-state index in [0.717, 1.165) is 51.4 Å². The smallest absolute Gasteiger partial charge is 0.303 e. The van der Waals surface area contributed by atoms with Crippen LogP contribution in [0.25, 0.3) is 0 Å². The molecule has 2 fully saturated rings. The fourth-order valence-corrected chi connectivity index (χ4v) is 4.46. The quantitative estimate of drug-likeness (QED) is 0.410. The highest BCUT2D eigenvalue weighted by Crippen LogP contribution is 2.50. The fourth-order valence-electron chi connectivity index (χ4n) is 4.46. The number of fused-ring (bicyclic) bond motifs is 1. The molecule has 0 aromatic heterocycles. The molecule has 2 aliphatic rings. The first-order valence-electron chi connectivity index (χ1n) is 9.95. The van der Waals surface area contributed by atoms with Gasteiger partial charge in [-0.25, -0.2) is 0 Å².